The van der Waals surface area contributed by atoms with Crippen LogP contribution in [0.2, 0.25) is 0 Å². The second-order valence-electron chi connectivity index (χ2n) is 8.92. The molecule has 0 bridgehead atoms. The summed E-state index contributed by atoms with van der Waals surface area (Å²) in [6.07, 6.45) is 8.89. The molecule has 0 amide bonds. The third-order valence-electron chi connectivity index (χ3n) is 6.63. The Morgan fingerprint density at radius 3 is 1.45 bits per heavy atom. The van der Waals surface area contributed by atoms with Crippen LogP contribution in [0.3, 0.4) is 0 Å². The minimum absolute atomic E-state index is 0.0724. The van der Waals surface area contributed by atoms with Crippen LogP contribution in [-0.4, -0.2) is 12.1 Å². The summed E-state index contributed by atoms with van der Waals surface area (Å²) in [4.78, 5) is 13.6. The molecule has 0 atom stereocenters. The summed E-state index contributed by atoms with van der Waals surface area (Å²) in [5, 5.41) is 3.40. The summed E-state index contributed by atoms with van der Waals surface area (Å²) in [5.74, 6) is -0.0724. The van der Waals surface area contributed by atoms with E-state index in [-0.39, 0.29) is 5.97 Å². The van der Waals surface area contributed by atoms with E-state index in [9.17, 15) is 4.79 Å². The predicted molar refractivity (Wildman–Crippen MR) is 144 cm³/mol. The SMILES string of the molecule is CCCCCCCC(=O)OP(CCCC)(c1ccccc1)(c1ccccc1)c1ccccc1. The molecule has 0 aliphatic rings. The van der Waals surface area contributed by atoms with Gasteiger partial charge in [0.15, 0.2) is 0 Å². The molecule has 0 saturated carbocycles. The molecule has 3 aromatic rings. The number of rotatable bonds is 13. The summed E-state index contributed by atoms with van der Waals surface area (Å²) < 4.78 is 6.98. The topological polar surface area (TPSA) is 26.3 Å². The van der Waals surface area contributed by atoms with Crippen LogP contribution in [-0.2, 0) is 9.32 Å². The van der Waals surface area contributed by atoms with Gasteiger partial charge >= 0.3 is 200 Å². The summed E-state index contributed by atoms with van der Waals surface area (Å²) >= 11 is 0. The molecule has 0 aliphatic carbocycles. The monoisotopic (exact) mass is 462 g/mol. The van der Waals surface area contributed by atoms with Gasteiger partial charge in [-0.05, 0) is 0 Å². The molecule has 176 valence electrons. The molecule has 3 rings (SSSR count). The van der Waals surface area contributed by atoms with Crippen molar-refractivity contribution in [2.24, 2.45) is 0 Å². The normalized spacial score (nSPS) is 12.6. The van der Waals surface area contributed by atoms with Crippen molar-refractivity contribution in [1.29, 1.82) is 0 Å². The third-order valence-corrected chi connectivity index (χ3v) is 12.6. The van der Waals surface area contributed by atoms with Gasteiger partial charge in [-0.25, -0.2) is 0 Å². The van der Waals surface area contributed by atoms with E-state index in [1.165, 1.54) is 19.3 Å². The van der Waals surface area contributed by atoms with E-state index < -0.39 is 6.83 Å². The van der Waals surface area contributed by atoms with Crippen molar-refractivity contribution in [3.63, 3.8) is 0 Å². The Hall–Kier alpha value is -2.44. The van der Waals surface area contributed by atoms with Gasteiger partial charge < -0.3 is 0 Å². The Morgan fingerprint density at radius 2 is 1.03 bits per heavy atom. The fraction of sp³-hybridized carbons (Fsp3) is 0.367. The van der Waals surface area contributed by atoms with Gasteiger partial charge in [-0.1, -0.05) is 0 Å². The first-order valence-corrected chi connectivity index (χ1v) is 14.9. The standard InChI is InChI=1S/C30H39O2P/c1-3-5-7-8-18-25-30(31)32-33(26-6-4-2,27-19-12-9-13-20-27,28-21-14-10-15-22-28)29-23-16-11-17-24-29/h9-17,19-24H,3-8,18,25-26H2,1-2H3. The van der Waals surface area contributed by atoms with Gasteiger partial charge in [-0.3, -0.25) is 0 Å². The van der Waals surface area contributed by atoms with E-state index in [1.807, 2.05) is 18.2 Å². The van der Waals surface area contributed by atoms with Gasteiger partial charge in [0.2, 0.25) is 0 Å². The summed E-state index contributed by atoms with van der Waals surface area (Å²) in [6.45, 7) is 0.919. The van der Waals surface area contributed by atoms with Crippen LogP contribution in [0.4, 0.5) is 0 Å². The fourth-order valence-corrected chi connectivity index (χ4v) is 10.8. The molecule has 0 spiro atoms. The molecule has 33 heavy (non-hydrogen) atoms. The van der Waals surface area contributed by atoms with Crippen molar-refractivity contribution in [2.75, 3.05) is 6.16 Å². The Morgan fingerprint density at radius 1 is 0.606 bits per heavy atom. The number of carbonyl (C=O) groups is 1. The molecule has 0 aliphatic heterocycles. The van der Waals surface area contributed by atoms with Crippen LogP contribution in [0.25, 0.3) is 0 Å². The summed E-state index contributed by atoms with van der Waals surface area (Å²) in [7, 11) is 0. The molecule has 0 unspecified atom stereocenters. The molecule has 2 nitrogen and oxygen atoms in total. The second-order valence-corrected chi connectivity index (χ2v) is 13.5. The number of unbranched alkanes of at least 4 members (excludes halogenated alkanes) is 5. The summed E-state index contributed by atoms with van der Waals surface area (Å²) in [5.41, 5.74) is 0. The molecular formula is C30H39O2P. The Balaban J connectivity index is 2.19. The van der Waals surface area contributed by atoms with Gasteiger partial charge in [-0.15, -0.1) is 0 Å². The van der Waals surface area contributed by atoms with Gasteiger partial charge in [0.05, 0.1) is 0 Å². The summed E-state index contributed by atoms with van der Waals surface area (Å²) in [6, 6.07) is 31.6. The molecule has 0 radical (unpaired) electrons. The van der Waals surface area contributed by atoms with Crippen molar-refractivity contribution < 1.29 is 9.32 Å². The van der Waals surface area contributed by atoms with Crippen LogP contribution in [0.5, 0.6) is 0 Å². The zero-order valence-corrected chi connectivity index (χ0v) is 21.2. The number of hydrogen-bond donors (Lipinski definition) is 0. The van der Waals surface area contributed by atoms with Crippen LogP contribution >= 0.6 is 6.83 Å². The average molecular weight is 463 g/mol. The molecule has 0 fully saturated rings. The van der Waals surface area contributed by atoms with Crippen molar-refractivity contribution in [2.45, 2.75) is 65.2 Å². The van der Waals surface area contributed by atoms with Crippen molar-refractivity contribution in [3.8, 4) is 0 Å². The van der Waals surface area contributed by atoms with Crippen molar-refractivity contribution in [3.05, 3.63) is 91.0 Å². The zero-order chi connectivity index (χ0) is 23.4. The zero-order valence-electron chi connectivity index (χ0n) is 20.3. The minimum atomic E-state index is -3.50. The van der Waals surface area contributed by atoms with E-state index in [2.05, 4.69) is 86.6 Å². The molecule has 0 N–H and O–H groups in total. The van der Waals surface area contributed by atoms with Crippen molar-refractivity contribution >= 4 is 28.7 Å². The van der Waals surface area contributed by atoms with E-state index in [1.54, 1.807) is 0 Å². The maximum absolute atomic E-state index is 13.6. The van der Waals surface area contributed by atoms with E-state index in [0.29, 0.717) is 6.42 Å². The second kappa shape index (κ2) is 12.1. The first kappa shape index (κ1) is 25.2. The quantitative estimate of drug-likeness (QED) is 0.199. The van der Waals surface area contributed by atoms with Crippen LogP contribution in [0, 0.1) is 0 Å². The van der Waals surface area contributed by atoms with Crippen molar-refractivity contribution in [1.82, 2.24) is 0 Å². The maximum atomic E-state index is 13.6. The van der Waals surface area contributed by atoms with Crippen LogP contribution in [0.1, 0.15) is 65.2 Å². The van der Waals surface area contributed by atoms with Crippen LogP contribution < -0.4 is 15.9 Å². The molecular weight excluding hydrogens is 423 g/mol. The number of benzene rings is 3. The van der Waals surface area contributed by atoms with Gasteiger partial charge in [0.1, 0.15) is 0 Å². The molecule has 3 aromatic carbocycles. The predicted octanol–water partition coefficient (Wildman–Crippen LogP) is 7.14. The van der Waals surface area contributed by atoms with Gasteiger partial charge in [0.25, 0.3) is 0 Å². The molecule has 3 heteroatoms. The Labute approximate surface area is 200 Å². The average Bonchev–Trinajstić information content (AvgIpc) is 2.88. The number of hydrogen-bond acceptors (Lipinski definition) is 2. The van der Waals surface area contributed by atoms with Gasteiger partial charge in [-0.2, -0.15) is 0 Å². The molecule has 0 saturated heterocycles. The fourth-order valence-electron chi connectivity index (χ4n) is 4.87. The van der Waals surface area contributed by atoms with Gasteiger partial charge in [0, 0.05) is 0 Å². The first-order chi connectivity index (χ1) is 16.2. The number of carbonyl (C=O) groups excluding carboxylic acids is 1. The first-order valence-electron chi connectivity index (χ1n) is 12.6. The van der Waals surface area contributed by atoms with E-state index in [0.717, 1.165) is 47.8 Å². The molecule has 0 heterocycles. The van der Waals surface area contributed by atoms with E-state index >= 15 is 0 Å². The Bertz CT molecular complexity index is 871. The third kappa shape index (κ3) is 5.39. The van der Waals surface area contributed by atoms with E-state index in [4.69, 9.17) is 4.52 Å². The Kier molecular flexibility index (Phi) is 9.27. The van der Waals surface area contributed by atoms with Crippen LogP contribution in [0.15, 0.2) is 91.0 Å². The molecule has 0 aromatic heterocycles.